The lowest BCUT2D eigenvalue weighted by molar-refractivity contribution is -0.142. The Bertz CT molecular complexity index is 382. The molecule has 0 heterocycles. The van der Waals surface area contributed by atoms with E-state index < -0.39 is 17.6 Å². The Labute approximate surface area is 124 Å². The van der Waals surface area contributed by atoms with E-state index in [1.54, 1.807) is 6.92 Å². The van der Waals surface area contributed by atoms with Crippen LogP contribution in [-0.2, 0) is 14.3 Å². The topological polar surface area (TPSA) is 105 Å². The summed E-state index contributed by atoms with van der Waals surface area (Å²) in [6, 6.07) is 1.46. The summed E-state index contributed by atoms with van der Waals surface area (Å²) in [4.78, 5) is 22.8. The Kier molecular flexibility index (Phi) is 8.26. The van der Waals surface area contributed by atoms with Crippen LogP contribution in [0.4, 0.5) is 0 Å². The van der Waals surface area contributed by atoms with Crippen LogP contribution in [0.3, 0.4) is 0 Å². The van der Waals surface area contributed by atoms with Gasteiger partial charge in [-0.25, -0.2) is 0 Å². The van der Waals surface area contributed by atoms with Crippen molar-refractivity contribution in [1.29, 1.82) is 5.26 Å². The molecule has 2 unspecified atom stereocenters. The number of carbonyl (C=O) groups excluding carboxylic acids is 2. The lowest BCUT2D eigenvalue weighted by atomic mass is 9.90. The van der Waals surface area contributed by atoms with Gasteiger partial charge in [0.2, 0.25) is 5.91 Å². The highest BCUT2D eigenvalue weighted by Crippen LogP contribution is 2.15. The van der Waals surface area contributed by atoms with Crippen molar-refractivity contribution in [2.24, 2.45) is 11.7 Å². The van der Waals surface area contributed by atoms with E-state index in [4.69, 9.17) is 11.0 Å². The molecular formula is C13H23N3O3S. The number of ether oxygens (including phenoxy) is 1. The Hall–Kier alpha value is -1.26. The van der Waals surface area contributed by atoms with Crippen LogP contribution >= 0.6 is 11.8 Å². The van der Waals surface area contributed by atoms with Gasteiger partial charge >= 0.3 is 5.97 Å². The molecule has 0 rings (SSSR count). The first-order valence-electron chi connectivity index (χ1n) is 6.40. The van der Waals surface area contributed by atoms with Gasteiger partial charge in [-0.05, 0) is 25.0 Å². The number of amides is 1. The molecule has 0 aromatic rings. The number of hydrogen-bond acceptors (Lipinski definition) is 6. The van der Waals surface area contributed by atoms with Crippen molar-refractivity contribution in [1.82, 2.24) is 5.32 Å². The maximum Gasteiger partial charge on any atom is 0.322 e. The Balaban J connectivity index is 4.02. The van der Waals surface area contributed by atoms with Crippen LogP contribution in [-0.4, -0.2) is 42.1 Å². The molecule has 0 saturated carbocycles. The number of nitriles is 1. The molecule has 114 valence electrons. The summed E-state index contributed by atoms with van der Waals surface area (Å²) < 4.78 is 4.51. The maximum absolute atomic E-state index is 11.8. The molecular weight excluding hydrogens is 278 g/mol. The summed E-state index contributed by atoms with van der Waals surface area (Å²) in [5.41, 5.74) is 4.72. The van der Waals surface area contributed by atoms with Gasteiger partial charge in [-0.3, -0.25) is 9.59 Å². The predicted octanol–water partition coefficient (Wildman–Crippen LogP) is 0.664. The molecule has 0 spiro atoms. The first-order valence-corrected chi connectivity index (χ1v) is 7.55. The maximum atomic E-state index is 11.8. The van der Waals surface area contributed by atoms with Gasteiger partial charge in [0.15, 0.2) is 0 Å². The van der Waals surface area contributed by atoms with E-state index in [9.17, 15) is 9.59 Å². The summed E-state index contributed by atoms with van der Waals surface area (Å²) in [5.74, 6) is 0.187. The van der Waals surface area contributed by atoms with Crippen LogP contribution in [0, 0.1) is 17.2 Å². The van der Waals surface area contributed by atoms with Crippen LogP contribution < -0.4 is 11.1 Å². The molecule has 0 aromatic heterocycles. The Morgan fingerprint density at radius 1 is 1.50 bits per heavy atom. The zero-order valence-corrected chi connectivity index (χ0v) is 13.3. The van der Waals surface area contributed by atoms with E-state index in [0.29, 0.717) is 12.2 Å². The largest absolute Gasteiger partial charge is 0.468 e. The number of nitrogens with one attached hydrogen (secondary N) is 1. The molecule has 0 aliphatic carbocycles. The fourth-order valence-corrected chi connectivity index (χ4v) is 2.09. The minimum atomic E-state index is -0.861. The van der Waals surface area contributed by atoms with Gasteiger partial charge in [0.05, 0.1) is 18.9 Å². The lowest BCUT2D eigenvalue weighted by Crippen LogP contribution is -2.49. The first-order chi connectivity index (χ1) is 9.26. The van der Waals surface area contributed by atoms with Gasteiger partial charge in [-0.2, -0.15) is 17.0 Å². The van der Waals surface area contributed by atoms with E-state index in [-0.39, 0.29) is 17.6 Å². The molecule has 3 N–H and O–H groups in total. The highest BCUT2D eigenvalue weighted by atomic mass is 32.2. The number of rotatable bonds is 8. The van der Waals surface area contributed by atoms with Gasteiger partial charge in [0.25, 0.3) is 0 Å². The molecule has 20 heavy (non-hydrogen) atoms. The molecule has 0 aliphatic heterocycles. The zero-order chi connectivity index (χ0) is 15.8. The summed E-state index contributed by atoms with van der Waals surface area (Å²) >= 11 is 1.37. The molecule has 0 bridgehead atoms. The monoisotopic (exact) mass is 301 g/mol. The Morgan fingerprint density at radius 2 is 2.10 bits per heavy atom. The van der Waals surface area contributed by atoms with Crippen LogP contribution in [0.1, 0.15) is 27.2 Å². The van der Waals surface area contributed by atoms with Crippen LogP contribution in [0.15, 0.2) is 0 Å². The molecule has 0 radical (unpaired) electrons. The molecule has 2 atom stereocenters. The van der Waals surface area contributed by atoms with Crippen molar-refractivity contribution >= 4 is 23.6 Å². The van der Waals surface area contributed by atoms with E-state index in [1.807, 2.05) is 13.8 Å². The third-order valence-electron chi connectivity index (χ3n) is 3.10. The number of methoxy groups -OCH3 is 1. The highest BCUT2D eigenvalue weighted by molar-refractivity contribution is 7.99. The number of esters is 1. The van der Waals surface area contributed by atoms with E-state index in [1.165, 1.54) is 18.9 Å². The second-order valence-electron chi connectivity index (χ2n) is 4.99. The highest BCUT2D eigenvalue weighted by Gasteiger charge is 2.29. The molecule has 0 aromatic carbocycles. The second-order valence-corrected chi connectivity index (χ2v) is 6.09. The van der Waals surface area contributed by atoms with E-state index in [0.717, 1.165) is 0 Å². The lowest BCUT2D eigenvalue weighted by Gasteiger charge is -2.27. The van der Waals surface area contributed by atoms with Gasteiger partial charge in [-0.1, -0.05) is 13.8 Å². The van der Waals surface area contributed by atoms with Gasteiger partial charge in [0.1, 0.15) is 11.6 Å². The number of thioether (sulfide) groups is 1. The molecule has 7 heteroatoms. The zero-order valence-electron chi connectivity index (χ0n) is 12.4. The summed E-state index contributed by atoms with van der Waals surface area (Å²) in [7, 11) is 1.29. The Morgan fingerprint density at radius 3 is 2.55 bits per heavy atom. The molecule has 1 amide bonds. The normalized spacial score (nSPS) is 15.1. The van der Waals surface area contributed by atoms with Crippen LogP contribution in [0.5, 0.6) is 0 Å². The number of carbonyl (C=O) groups is 2. The second kappa shape index (κ2) is 8.82. The minimum Gasteiger partial charge on any atom is -0.468 e. The third kappa shape index (κ3) is 6.26. The average Bonchev–Trinajstić information content (AvgIpc) is 2.41. The van der Waals surface area contributed by atoms with E-state index in [2.05, 4.69) is 16.1 Å². The van der Waals surface area contributed by atoms with Gasteiger partial charge in [0, 0.05) is 0 Å². The first kappa shape index (κ1) is 18.7. The summed E-state index contributed by atoms with van der Waals surface area (Å²) in [6.07, 6.45) is 0.449. The third-order valence-corrected chi connectivity index (χ3v) is 4.09. The van der Waals surface area contributed by atoms with Crippen LogP contribution in [0.25, 0.3) is 0 Å². The SMILES string of the molecule is COC(=O)C(N)CCSCC(=O)NC(C)(C#N)C(C)C. The molecule has 0 fully saturated rings. The summed E-state index contributed by atoms with van der Waals surface area (Å²) in [5, 5.41) is 11.8. The fourth-order valence-electron chi connectivity index (χ4n) is 1.27. The fraction of sp³-hybridized carbons (Fsp3) is 0.769. The van der Waals surface area contributed by atoms with Crippen molar-refractivity contribution in [3.05, 3.63) is 0 Å². The van der Waals surface area contributed by atoms with Crippen LogP contribution in [0.2, 0.25) is 0 Å². The number of nitrogens with zero attached hydrogens (tertiary/aromatic N) is 1. The van der Waals surface area contributed by atoms with Gasteiger partial charge < -0.3 is 15.8 Å². The van der Waals surface area contributed by atoms with Crippen molar-refractivity contribution in [2.75, 3.05) is 18.6 Å². The standard InChI is InChI=1S/C13H23N3O3S/c1-9(2)13(3,8-14)16-11(17)7-20-6-5-10(15)12(18)19-4/h9-10H,5-7,15H2,1-4H3,(H,16,17). The number of hydrogen-bond donors (Lipinski definition) is 2. The number of nitrogens with two attached hydrogens (primary N) is 1. The van der Waals surface area contributed by atoms with Crippen molar-refractivity contribution < 1.29 is 14.3 Å². The predicted molar refractivity (Wildman–Crippen MR) is 78.9 cm³/mol. The van der Waals surface area contributed by atoms with Crippen molar-refractivity contribution in [3.63, 3.8) is 0 Å². The minimum absolute atomic E-state index is 0.0224. The van der Waals surface area contributed by atoms with Crippen molar-refractivity contribution in [3.8, 4) is 6.07 Å². The van der Waals surface area contributed by atoms with Crippen molar-refractivity contribution in [2.45, 2.75) is 38.8 Å². The smallest absolute Gasteiger partial charge is 0.322 e. The van der Waals surface area contributed by atoms with Gasteiger partial charge in [-0.15, -0.1) is 0 Å². The molecule has 6 nitrogen and oxygen atoms in total. The molecule has 0 aliphatic rings. The molecule has 0 saturated heterocycles. The summed E-state index contributed by atoms with van der Waals surface area (Å²) in [6.45, 7) is 5.46. The quantitative estimate of drug-likeness (QED) is 0.504. The average molecular weight is 301 g/mol. The van der Waals surface area contributed by atoms with E-state index >= 15 is 0 Å².